The third-order valence-electron chi connectivity index (χ3n) is 3.03. The highest BCUT2D eigenvalue weighted by atomic mass is 79.9. The molecule has 0 fully saturated rings. The molecular weight excluding hydrogens is 346 g/mol. The third kappa shape index (κ3) is 4.08. The second-order valence-corrected chi connectivity index (χ2v) is 5.65. The second-order valence-electron chi connectivity index (χ2n) is 4.73. The number of hydrogen-bond acceptors (Lipinski definition) is 3. The summed E-state index contributed by atoms with van der Waals surface area (Å²) in [5.41, 5.74) is 7.61. The number of carbonyl (C=O) groups excluding carboxylic acids is 2. The molecule has 2 aromatic carbocycles. The molecule has 3 N–H and O–H groups in total. The van der Waals surface area contributed by atoms with Crippen molar-refractivity contribution in [3.05, 3.63) is 58.6 Å². The molecule has 0 heterocycles. The average Bonchev–Trinajstić information content (AvgIpc) is 2.48. The topological polar surface area (TPSA) is 75.4 Å². The molecular formula is C16H16BrN3O2. The Labute approximate surface area is 137 Å². The first-order valence-electron chi connectivity index (χ1n) is 6.66. The molecule has 0 saturated heterocycles. The number of anilines is 2. The molecule has 0 radical (unpaired) electrons. The quantitative estimate of drug-likeness (QED) is 0.823. The standard InChI is InChI=1S/C16H16BrN3O2/c1-11(21)20(15-8-6-14(18)7-9-15)16(22)19-10-12-2-4-13(17)5-3-12/h2-9H,10,18H2,1H3,(H,19,22). The van der Waals surface area contributed by atoms with E-state index in [0.717, 1.165) is 14.9 Å². The summed E-state index contributed by atoms with van der Waals surface area (Å²) in [6, 6.07) is 13.7. The van der Waals surface area contributed by atoms with Gasteiger partial charge in [0.2, 0.25) is 5.91 Å². The number of nitrogens with one attached hydrogen (secondary N) is 1. The molecule has 0 saturated carbocycles. The summed E-state index contributed by atoms with van der Waals surface area (Å²) >= 11 is 3.35. The molecule has 0 aromatic heterocycles. The zero-order valence-electron chi connectivity index (χ0n) is 12.0. The zero-order chi connectivity index (χ0) is 16.1. The number of carbonyl (C=O) groups is 2. The lowest BCUT2D eigenvalue weighted by molar-refractivity contribution is -0.115. The van der Waals surface area contributed by atoms with Gasteiger partial charge in [-0.1, -0.05) is 28.1 Å². The van der Waals surface area contributed by atoms with Crippen LogP contribution in [0.25, 0.3) is 0 Å². The summed E-state index contributed by atoms with van der Waals surface area (Å²) < 4.78 is 0.967. The van der Waals surface area contributed by atoms with Gasteiger partial charge in [0.05, 0.1) is 5.69 Å². The normalized spacial score (nSPS) is 10.1. The Hall–Kier alpha value is -2.34. The van der Waals surface area contributed by atoms with E-state index in [1.165, 1.54) is 6.92 Å². The number of urea groups is 1. The van der Waals surface area contributed by atoms with Crippen molar-refractivity contribution in [2.45, 2.75) is 13.5 Å². The van der Waals surface area contributed by atoms with Crippen LogP contribution in [0.5, 0.6) is 0 Å². The number of imide groups is 1. The Balaban J connectivity index is 2.08. The van der Waals surface area contributed by atoms with Gasteiger partial charge < -0.3 is 11.1 Å². The Morgan fingerprint density at radius 3 is 2.23 bits per heavy atom. The van der Waals surface area contributed by atoms with E-state index < -0.39 is 6.03 Å². The van der Waals surface area contributed by atoms with Crippen LogP contribution in [-0.2, 0) is 11.3 Å². The van der Waals surface area contributed by atoms with Crippen molar-refractivity contribution in [2.24, 2.45) is 0 Å². The molecule has 2 rings (SSSR count). The van der Waals surface area contributed by atoms with Gasteiger partial charge in [0.1, 0.15) is 0 Å². The van der Waals surface area contributed by atoms with Crippen molar-refractivity contribution in [3.63, 3.8) is 0 Å². The van der Waals surface area contributed by atoms with Crippen molar-refractivity contribution in [1.82, 2.24) is 5.32 Å². The second kappa shape index (κ2) is 7.09. The third-order valence-corrected chi connectivity index (χ3v) is 3.55. The van der Waals surface area contributed by atoms with Crippen LogP contribution in [0, 0.1) is 0 Å². The molecule has 0 atom stereocenters. The van der Waals surface area contributed by atoms with Gasteiger partial charge in [-0.05, 0) is 42.0 Å². The zero-order valence-corrected chi connectivity index (χ0v) is 13.6. The van der Waals surface area contributed by atoms with Gasteiger partial charge in [-0.15, -0.1) is 0 Å². The number of nitrogen functional groups attached to an aromatic ring is 1. The Morgan fingerprint density at radius 1 is 1.09 bits per heavy atom. The van der Waals surface area contributed by atoms with Crippen LogP contribution in [0.3, 0.4) is 0 Å². The van der Waals surface area contributed by atoms with Crippen molar-refractivity contribution in [1.29, 1.82) is 0 Å². The summed E-state index contributed by atoms with van der Waals surface area (Å²) in [5, 5.41) is 2.73. The van der Waals surface area contributed by atoms with E-state index in [-0.39, 0.29) is 5.91 Å². The number of amides is 3. The predicted octanol–water partition coefficient (Wildman–Crippen LogP) is 3.29. The predicted molar refractivity (Wildman–Crippen MR) is 90.4 cm³/mol. The Bertz CT molecular complexity index is 669. The molecule has 22 heavy (non-hydrogen) atoms. The fourth-order valence-corrected chi connectivity index (χ4v) is 2.19. The van der Waals surface area contributed by atoms with E-state index in [2.05, 4.69) is 21.2 Å². The molecule has 3 amide bonds. The maximum Gasteiger partial charge on any atom is 0.329 e. The molecule has 6 heteroatoms. The van der Waals surface area contributed by atoms with Gasteiger partial charge in [0.25, 0.3) is 0 Å². The van der Waals surface area contributed by atoms with Crippen molar-refractivity contribution < 1.29 is 9.59 Å². The summed E-state index contributed by atoms with van der Waals surface area (Å²) in [6.45, 7) is 1.68. The molecule has 5 nitrogen and oxygen atoms in total. The first kappa shape index (κ1) is 16.0. The first-order chi connectivity index (χ1) is 10.5. The van der Waals surface area contributed by atoms with Crippen LogP contribution in [0.4, 0.5) is 16.2 Å². The van der Waals surface area contributed by atoms with Crippen molar-refractivity contribution >= 4 is 39.2 Å². The van der Waals surface area contributed by atoms with Gasteiger partial charge in [-0.25, -0.2) is 9.69 Å². The van der Waals surface area contributed by atoms with Crippen molar-refractivity contribution in [2.75, 3.05) is 10.6 Å². The molecule has 0 unspecified atom stereocenters. The molecule has 0 bridgehead atoms. The van der Waals surface area contributed by atoms with Crippen molar-refractivity contribution in [3.8, 4) is 0 Å². The Morgan fingerprint density at radius 2 is 1.68 bits per heavy atom. The number of nitrogens with zero attached hydrogens (tertiary/aromatic N) is 1. The van der Waals surface area contributed by atoms with E-state index in [0.29, 0.717) is 17.9 Å². The number of hydrogen-bond donors (Lipinski definition) is 2. The summed E-state index contributed by atoms with van der Waals surface area (Å²) in [6.07, 6.45) is 0. The minimum Gasteiger partial charge on any atom is -0.399 e. The SMILES string of the molecule is CC(=O)N(C(=O)NCc1ccc(Br)cc1)c1ccc(N)cc1. The molecule has 0 aliphatic carbocycles. The monoisotopic (exact) mass is 361 g/mol. The largest absolute Gasteiger partial charge is 0.399 e. The van der Waals surface area contributed by atoms with Crippen LogP contribution in [-0.4, -0.2) is 11.9 Å². The lowest BCUT2D eigenvalue weighted by atomic mass is 10.2. The van der Waals surface area contributed by atoms with Gasteiger partial charge in [0, 0.05) is 23.6 Å². The fraction of sp³-hybridized carbons (Fsp3) is 0.125. The number of benzene rings is 2. The molecule has 0 spiro atoms. The minimum absolute atomic E-state index is 0.338. The molecule has 2 aromatic rings. The van der Waals surface area contributed by atoms with Gasteiger partial charge in [-0.2, -0.15) is 0 Å². The van der Waals surface area contributed by atoms with Crippen LogP contribution in [0.15, 0.2) is 53.0 Å². The minimum atomic E-state index is -0.472. The maximum absolute atomic E-state index is 12.3. The highest BCUT2D eigenvalue weighted by Gasteiger charge is 2.19. The lowest BCUT2D eigenvalue weighted by Crippen LogP contribution is -2.42. The van der Waals surface area contributed by atoms with Gasteiger partial charge in [0.15, 0.2) is 0 Å². The van der Waals surface area contributed by atoms with Crippen LogP contribution < -0.4 is 16.0 Å². The highest BCUT2D eigenvalue weighted by Crippen LogP contribution is 2.17. The Kier molecular flexibility index (Phi) is 5.16. The number of rotatable bonds is 3. The van der Waals surface area contributed by atoms with E-state index in [4.69, 9.17) is 5.73 Å². The first-order valence-corrected chi connectivity index (χ1v) is 7.45. The van der Waals surface area contributed by atoms with E-state index in [1.54, 1.807) is 24.3 Å². The summed E-state index contributed by atoms with van der Waals surface area (Å²) in [7, 11) is 0. The molecule has 0 aliphatic heterocycles. The van der Waals surface area contributed by atoms with E-state index in [1.807, 2.05) is 24.3 Å². The van der Waals surface area contributed by atoms with Crippen LogP contribution in [0.1, 0.15) is 12.5 Å². The highest BCUT2D eigenvalue weighted by molar-refractivity contribution is 9.10. The van der Waals surface area contributed by atoms with E-state index >= 15 is 0 Å². The average molecular weight is 362 g/mol. The van der Waals surface area contributed by atoms with Gasteiger partial charge in [-0.3, -0.25) is 4.79 Å². The summed E-state index contributed by atoms with van der Waals surface area (Å²) in [4.78, 5) is 25.1. The maximum atomic E-state index is 12.3. The number of halogens is 1. The van der Waals surface area contributed by atoms with E-state index in [9.17, 15) is 9.59 Å². The number of nitrogens with two attached hydrogens (primary N) is 1. The fourth-order valence-electron chi connectivity index (χ4n) is 1.92. The molecule has 0 aliphatic rings. The van der Waals surface area contributed by atoms with Gasteiger partial charge >= 0.3 is 6.03 Å². The van der Waals surface area contributed by atoms with Crippen LogP contribution >= 0.6 is 15.9 Å². The smallest absolute Gasteiger partial charge is 0.329 e. The van der Waals surface area contributed by atoms with Crippen LogP contribution in [0.2, 0.25) is 0 Å². The molecule has 114 valence electrons. The lowest BCUT2D eigenvalue weighted by Gasteiger charge is -2.20. The summed E-state index contributed by atoms with van der Waals surface area (Å²) in [5.74, 6) is -0.363.